The lowest BCUT2D eigenvalue weighted by Gasteiger charge is -2.10. The molecule has 0 radical (unpaired) electrons. The Balaban J connectivity index is 2.04. The van der Waals surface area contributed by atoms with Crippen molar-refractivity contribution in [3.05, 3.63) is 59.8 Å². The topological polar surface area (TPSA) is 63.8 Å². The number of nitrogens with one attached hydrogen (secondary N) is 1. The lowest BCUT2D eigenvalue weighted by atomic mass is 10.1. The molecule has 3 rings (SSSR count). The van der Waals surface area contributed by atoms with E-state index in [1.165, 1.54) is 0 Å². The van der Waals surface area contributed by atoms with Crippen molar-refractivity contribution < 1.29 is 0 Å². The third kappa shape index (κ3) is 2.33. The molecular weight excluding hydrogens is 248 g/mol. The van der Waals surface area contributed by atoms with Crippen molar-refractivity contribution in [3.8, 4) is 0 Å². The third-order valence-electron chi connectivity index (χ3n) is 3.30. The van der Waals surface area contributed by atoms with Crippen LogP contribution in [-0.2, 0) is 6.54 Å². The van der Waals surface area contributed by atoms with Crippen molar-refractivity contribution in [2.24, 2.45) is 5.73 Å². The molecule has 100 valence electrons. The van der Waals surface area contributed by atoms with Gasteiger partial charge in [0.2, 0.25) is 0 Å². The summed E-state index contributed by atoms with van der Waals surface area (Å²) in [6, 6.07) is 16.1. The Bertz CT molecular complexity index is 752. The molecule has 0 atom stereocenters. The maximum atomic E-state index is 5.67. The Hall–Kier alpha value is -2.46. The number of hydrogen-bond acceptors (Lipinski definition) is 4. The Morgan fingerprint density at radius 3 is 2.60 bits per heavy atom. The molecule has 0 saturated carbocycles. The predicted octanol–water partition coefficient (Wildman–Crippen LogP) is 3.14. The van der Waals surface area contributed by atoms with E-state index < -0.39 is 0 Å². The smallest absolute Gasteiger partial charge is 0.160 e. The number of aromatic nitrogens is 2. The maximum absolute atomic E-state index is 5.67. The summed E-state index contributed by atoms with van der Waals surface area (Å²) in [6.45, 7) is 2.49. The molecule has 0 amide bonds. The number of benzene rings is 2. The number of rotatable bonds is 3. The summed E-state index contributed by atoms with van der Waals surface area (Å²) in [5.74, 6) is 0.764. The van der Waals surface area contributed by atoms with Gasteiger partial charge < -0.3 is 11.1 Å². The van der Waals surface area contributed by atoms with Gasteiger partial charge in [0.25, 0.3) is 0 Å². The first-order valence-corrected chi connectivity index (χ1v) is 6.56. The monoisotopic (exact) mass is 264 g/mol. The second kappa shape index (κ2) is 5.27. The molecule has 1 heterocycles. The molecule has 0 fully saturated rings. The van der Waals surface area contributed by atoms with Crippen molar-refractivity contribution in [2.45, 2.75) is 13.5 Å². The first-order valence-electron chi connectivity index (χ1n) is 6.56. The summed E-state index contributed by atoms with van der Waals surface area (Å²) in [4.78, 5) is 0. The van der Waals surface area contributed by atoms with Gasteiger partial charge in [0.15, 0.2) is 5.82 Å². The van der Waals surface area contributed by atoms with Gasteiger partial charge in [0.1, 0.15) is 0 Å². The largest absolute Gasteiger partial charge is 0.338 e. The van der Waals surface area contributed by atoms with Crippen LogP contribution in [0.1, 0.15) is 11.3 Å². The van der Waals surface area contributed by atoms with Gasteiger partial charge in [-0.2, -0.15) is 5.10 Å². The van der Waals surface area contributed by atoms with Gasteiger partial charge in [-0.05, 0) is 24.6 Å². The van der Waals surface area contributed by atoms with Gasteiger partial charge in [0, 0.05) is 23.0 Å². The third-order valence-corrected chi connectivity index (χ3v) is 3.30. The maximum Gasteiger partial charge on any atom is 0.160 e. The average Bonchev–Trinajstić information content (AvgIpc) is 2.51. The van der Waals surface area contributed by atoms with Crippen molar-refractivity contribution in [1.82, 2.24) is 10.2 Å². The second-order valence-corrected chi connectivity index (χ2v) is 4.71. The van der Waals surface area contributed by atoms with Crippen LogP contribution in [0.3, 0.4) is 0 Å². The predicted molar refractivity (Wildman–Crippen MR) is 81.9 cm³/mol. The Morgan fingerprint density at radius 2 is 1.80 bits per heavy atom. The van der Waals surface area contributed by atoms with Gasteiger partial charge in [-0.15, -0.1) is 5.10 Å². The molecule has 0 bridgehead atoms. The molecule has 1 aromatic heterocycles. The minimum Gasteiger partial charge on any atom is -0.338 e. The lowest BCUT2D eigenvalue weighted by molar-refractivity contribution is 1.01. The van der Waals surface area contributed by atoms with Crippen LogP contribution >= 0.6 is 0 Å². The highest BCUT2D eigenvalue weighted by molar-refractivity contribution is 5.94. The fraction of sp³-hybridized carbons (Fsp3) is 0.125. The molecule has 3 N–H and O–H groups in total. The Kier molecular flexibility index (Phi) is 3.31. The minimum atomic E-state index is 0.524. The first-order chi connectivity index (χ1) is 9.78. The van der Waals surface area contributed by atoms with E-state index in [1.54, 1.807) is 0 Å². The fourth-order valence-electron chi connectivity index (χ4n) is 2.24. The number of fused-ring (bicyclic) bond motifs is 1. The van der Waals surface area contributed by atoms with E-state index in [4.69, 9.17) is 5.73 Å². The van der Waals surface area contributed by atoms with Crippen molar-refractivity contribution in [2.75, 3.05) is 5.32 Å². The van der Waals surface area contributed by atoms with Gasteiger partial charge in [-0.1, -0.05) is 36.4 Å². The molecule has 3 aromatic rings. The molecule has 0 aliphatic carbocycles. The Morgan fingerprint density at radius 1 is 1.00 bits per heavy atom. The highest BCUT2D eigenvalue weighted by Crippen LogP contribution is 2.25. The number of anilines is 2. The van der Waals surface area contributed by atoms with Crippen LogP contribution in [0.15, 0.2) is 48.5 Å². The minimum absolute atomic E-state index is 0.524. The normalized spacial score (nSPS) is 10.7. The zero-order valence-corrected chi connectivity index (χ0v) is 11.3. The summed E-state index contributed by atoms with van der Waals surface area (Å²) in [6.07, 6.45) is 0. The molecular formula is C16H16N4. The number of nitrogens with zero attached hydrogens (tertiary/aromatic N) is 2. The van der Waals surface area contributed by atoms with Crippen LogP contribution in [0.25, 0.3) is 10.8 Å². The van der Waals surface area contributed by atoms with E-state index in [1.807, 2.05) is 49.4 Å². The zero-order chi connectivity index (χ0) is 13.9. The van der Waals surface area contributed by atoms with Crippen molar-refractivity contribution in [1.29, 1.82) is 0 Å². The Labute approximate surface area is 117 Å². The first kappa shape index (κ1) is 12.6. The lowest BCUT2D eigenvalue weighted by Crippen LogP contribution is -2.00. The number of hydrogen-bond donors (Lipinski definition) is 2. The van der Waals surface area contributed by atoms with Crippen molar-refractivity contribution in [3.63, 3.8) is 0 Å². The standard InChI is InChI=1S/C16H16N4/c1-11-14-7-2-3-8-15(14)16(20-19-11)18-13-6-4-5-12(9-13)10-17/h2-9H,10,17H2,1H3,(H,18,20). The van der Waals surface area contributed by atoms with Gasteiger partial charge in [0.05, 0.1) is 5.69 Å². The molecule has 0 unspecified atom stereocenters. The van der Waals surface area contributed by atoms with Gasteiger partial charge in [-0.25, -0.2) is 0 Å². The molecule has 2 aromatic carbocycles. The quantitative estimate of drug-likeness (QED) is 0.762. The second-order valence-electron chi connectivity index (χ2n) is 4.71. The van der Waals surface area contributed by atoms with Crippen LogP contribution in [0.2, 0.25) is 0 Å². The van der Waals surface area contributed by atoms with E-state index >= 15 is 0 Å². The molecule has 0 aliphatic heterocycles. The zero-order valence-electron chi connectivity index (χ0n) is 11.3. The average molecular weight is 264 g/mol. The fourth-order valence-corrected chi connectivity index (χ4v) is 2.24. The summed E-state index contributed by atoms with van der Waals surface area (Å²) in [5.41, 5.74) is 8.65. The van der Waals surface area contributed by atoms with E-state index in [2.05, 4.69) is 21.6 Å². The summed E-state index contributed by atoms with van der Waals surface area (Å²) < 4.78 is 0. The molecule has 0 spiro atoms. The molecule has 0 aliphatic rings. The SMILES string of the molecule is Cc1nnc(Nc2cccc(CN)c2)c2ccccc12. The van der Waals surface area contributed by atoms with Crippen molar-refractivity contribution >= 4 is 22.3 Å². The van der Waals surface area contributed by atoms with E-state index in [9.17, 15) is 0 Å². The van der Waals surface area contributed by atoms with E-state index in [0.717, 1.165) is 33.5 Å². The van der Waals surface area contributed by atoms with E-state index in [0.29, 0.717) is 6.54 Å². The van der Waals surface area contributed by atoms with Gasteiger partial charge >= 0.3 is 0 Å². The van der Waals surface area contributed by atoms with Crippen LogP contribution in [-0.4, -0.2) is 10.2 Å². The summed E-state index contributed by atoms with van der Waals surface area (Å²) >= 11 is 0. The molecule has 0 saturated heterocycles. The number of aryl methyl sites for hydroxylation is 1. The summed E-state index contributed by atoms with van der Waals surface area (Å²) in [5, 5.41) is 14.0. The van der Waals surface area contributed by atoms with Crippen LogP contribution in [0.4, 0.5) is 11.5 Å². The summed E-state index contributed by atoms with van der Waals surface area (Å²) in [7, 11) is 0. The van der Waals surface area contributed by atoms with Crippen LogP contribution in [0, 0.1) is 6.92 Å². The highest BCUT2D eigenvalue weighted by Gasteiger charge is 2.06. The molecule has 4 nitrogen and oxygen atoms in total. The van der Waals surface area contributed by atoms with Crippen LogP contribution in [0.5, 0.6) is 0 Å². The van der Waals surface area contributed by atoms with Gasteiger partial charge in [-0.3, -0.25) is 0 Å². The highest BCUT2D eigenvalue weighted by atomic mass is 15.2. The molecule has 4 heteroatoms. The molecule has 20 heavy (non-hydrogen) atoms. The van der Waals surface area contributed by atoms with Crippen LogP contribution < -0.4 is 11.1 Å². The van der Waals surface area contributed by atoms with E-state index in [-0.39, 0.29) is 0 Å². The number of nitrogens with two attached hydrogens (primary N) is 1.